The molecule has 3 aromatic heterocycles. The first-order valence-electron chi connectivity index (χ1n) is 8.76. The van der Waals surface area contributed by atoms with Crippen molar-refractivity contribution in [1.29, 1.82) is 0 Å². The number of hydrogen-bond acceptors (Lipinski definition) is 5. The zero-order chi connectivity index (χ0) is 20.1. The van der Waals surface area contributed by atoms with E-state index in [4.69, 9.17) is 0 Å². The van der Waals surface area contributed by atoms with E-state index in [0.29, 0.717) is 39.7 Å². The third-order valence-electron chi connectivity index (χ3n) is 4.67. The molecule has 9 heteroatoms. The molecule has 4 aromatic rings. The molecule has 0 saturated carbocycles. The predicted molar refractivity (Wildman–Crippen MR) is 108 cm³/mol. The lowest BCUT2D eigenvalue weighted by Crippen LogP contribution is -2.14. The van der Waals surface area contributed by atoms with Gasteiger partial charge in [-0.05, 0) is 37.6 Å². The molecular formula is C19H19N5O3S. The Morgan fingerprint density at radius 3 is 2.71 bits per heavy atom. The van der Waals surface area contributed by atoms with Crippen LogP contribution in [0.15, 0.2) is 46.2 Å². The molecule has 8 nitrogen and oxygen atoms in total. The minimum Gasteiger partial charge on any atom is -0.358 e. The molecule has 3 heterocycles. The van der Waals surface area contributed by atoms with Gasteiger partial charge in [0.2, 0.25) is 0 Å². The maximum atomic E-state index is 12.8. The van der Waals surface area contributed by atoms with Crippen LogP contribution in [0, 0.1) is 6.92 Å². The fourth-order valence-corrected chi connectivity index (χ4v) is 4.23. The summed E-state index contributed by atoms with van der Waals surface area (Å²) in [6.45, 7) is 3.75. The monoisotopic (exact) mass is 397 g/mol. The third kappa shape index (κ3) is 3.03. The second-order valence-electron chi connectivity index (χ2n) is 6.63. The van der Waals surface area contributed by atoms with E-state index in [1.54, 1.807) is 36.9 Å². The summed E-state index contributed by atoms with van der Waals surface area (Å²) < 4.78 is 29.8. The van der Waals surface area contributed by atoms with Crippen molar-refractivity contribution in [3.8, 4) is 0 Å². The van der Waals surface area contributed by atoms with E-state index in [0.717, 1.165) is 5.69 Å². The lowest BCUT2D eigenvalue weighted by Gasteiger charge is -2.09. The van der Waals surface area contributed by atoms with Gasteiger partial charge in [0.25, 0.3) is 10.0 Å². The number of aromatic amines is 1. The van der Waals surface area contributed by atoms with Crippen molar-refractivity contribution < 1.29 is 8.42 Å². The quantitative estimate of drug-likeness (QED) is 0.550. The number of nitrogens with zero attached hydrogens (tertiary/aromatic N) is 3. The number of anilines is 1. The fourth-order valence-electron chi connectivity index (χ4n) is 3.21. The Kier molecular flexibility index (Phi) is 4.19. The average Bonchev–Trinajstić information content (AvgIpc) is 2.95. The van der Waals surface area contributed by atoms with Gasteiger partial charge in [-0.1, -0.05) is 6.92 Å². The van der Waals surface area contributed by atoms with E-state index in [2.05, 4.69) is 19.8 Å². The molecule has 0 unspecified atom stereocenters. The van der Waals surface area contributed by atoms with Gasteiger partial charge in [-0.25, -0.2) is 13.4 Å². The zero-order valence-electron chi connectivity index (χ0n) is 15.6. The van der Waals surface area contributed by atoms with Crippen LogP contribution in [0.25, 0.3) is 21.9 Å². The minimum absolute atomic E-state index is 0.0337. The second-order valence-corrected chi connectivity index (χ2v) is 8.31. The summed E-state index contributed by atoms with van der Waals surface area (Å²) in [4.78, 5) is 19.7. The third-order valence-corrected chi connectivity index (χ3v) is 6.02. The Labute approximate surface area is 161 Å². The summed E-state index contributed by atoms with van der Waals surface area (Å²) in [6, 6.07) is 7.93. The van der Waals surface area contributed by atoms with E-state index in [9.17, 15) is 13.2 Å². The molecular weight excluding hydrogens is 378 g/mol. The van der Waals surface area contributed by atoms with Crippen LogP contribution in [0.1, 0.15) is 18.3 Å². The number of aryl methyl sites for hydroxylation is 3. The smallest absolute Gasteiger partial charge is 0.263 e. The minimum atomic E-state index is -3.87. The Morgan fingerprint density at radius 2 is 1.96 bits per heavy atom. The maximum Gasteiger partial charge on any atom is 0.263 e. The highest BCUT2D eigenvalue weighted by molar-refractivity contribution is 7.92. The van der Waals surface area contributed by atoms with Crippen LogP contribution in [0.2, 0.25) is 0 Å². The Bertz CT molecular complexity index is 1390. The van der Waals surface area contributed by atoms with Gasteiger partial charge in [0.15, 0.2) is 11.1 Å². The predicted octanol–water partition coefficient (Wildman–Crippen LogP) is 2.48. The van der Waals surface area contributed by atoms with Gasteiger partial charge in [0.05, 0.1) is 5.69 Å². The molecule has 0 saturated heterocycles. The second kappa shape index (κ2) is 6.45. The van der Waals surface area contributed by atoms with E-state index in [-0.39, 0.29) is 10.3 Å². The molecule has 1 aromatic carbocycles. The maximum absolute atomic E-state index is 12.8. The number of fused-ring (bicyclic) bond motifs is 2. The van der Waals surface area contributed by atoms with E-state index < -0.39 is 10.0 Å². The molecule has 0 amide bonds. The van der Waals surface area contributed by atoms with Crippen molar-refractivity contribution in [2.24, 2.45) is 7.05 Å². The van der Waals surface area contributed by atoms with Gasteiger partial charge in [0.1, 0.15) is 4.90 Å². The van der Waals surface area contributed by atoms with E-state index >= 15 is 0 Å². The number of benzene rings is 1. The van der Waals surface area contributed by atoms with E-state index in [1.165, 1.54) is 18.3 Å². The summed E-state index contributed by atoms with van der Waals surface area (Å²) in [5.74, 6) is 0. The molecule has 0 fully saturated rings. The lowest BCUT2D eigenvalue weighted by molar-refractivity contribution is 0.601. The van der Waals surface area contributed by atoms with Gasteiger partial charge in [-0.2, -0.15) is 5.10 Å². The molecule has 0 spiro atoms. The Hall–Kier alpha value is -3.20. The van der Waals surface area contributed by atoms with Crippen LogP contribution in [-0.4, -0.2) is 28.2 Å². The van der Waals surface area contributed by atoms with Crippen LogP contribution in [0.4, 0.5) is 5.69 Å². The summed E-state index contributed by atoms with van der Waals surface area (Å²) in [5.41, 5.74) is 2.97. The Balaban J connectivity index is 1.74. The normalized spacial score (nSPS) is 12.0. The topological polar surface area (TPSA) is 110 Å². The van der Waals surface area contributed by atoms with Crippen LogP contribution in [0.5, 0.6) is 0 Å². The first kappa shape index (κ1) is 18.2. The highest BCUT2D eigenvalue weighted by Crippen LogP contribution is 2.23. The van der Waals surface area contributed by atoms with Crippen molar-refractivity contribution >= 4 is 37.6 Å². The van der Waals surface area contributed by atoms with Crippen molar-refractivity contribution in [2.75, 3.05) is 4.72 Å². The van der Waals surface area contributed by atoms with E-state index in [1.807, 2.05) is 6.92 Å². The standard InChI is InChI=1S/C19H19N5O3S/c1-4-12-8-18(25)16-7-13(5-6-17(16)21-12)23-28(26,27)14-9-15-11(2)22-24(3)19(15)20-10-14/h5-10,23H,4H2,1-3H3,(H,21,25). The summed E-state index contributed by atoms with van der Waals surface area (Å²) >= 11 is 0. The summed E-state index contributed by atoms with van der Waals surface area (Å²) in [7, 11) is -2.11. The number of pyridine rings is 2. The number of hydrogen-bond donors (Lipinski definition) is 2. The van der Waals surface area contributed by atoms with Crippen molar-refractivity contribution in [3.63, 3.8) is 0 Å². The van der Waals surface area contributed by atoms with Gasteiger partial charge < -0.3 is 4.98 Å². The lowest BCUT2D eigenvalue weighted by atomic mass is 10.1. The van der Waals surface area contributed by atoms with Crippen LogP contribution < -0.4 is 10.2 Å². The van der Waals surface area contributed by atoms with Gasteiger partial charge >= 0.3 is 0 Å². The number of nitrogens with one attached hydrogen (secondary N) is 2. The van der Waals surface area contributed by atoms with Gasteiger partial charge in [-0.3, -0.25) is 14.2 Å². The Morgan fingerprint density at radius 1 is 1.18 bits per heavy atom. The SMILES string of the molecule is CCc1cc(=O)c2cc(NS(=O)(=O)c3cnc4c(c3)c(C)nn4C)ccc2[nH]1. The molecule has 28 heavy (non-hydrogen) atoms. The number of H-pyrrole nitrogens is 1. The van der Waals surface area contributed by atoms with Gasteiger partial charge in [0, 0.05) is 47.0 Å². The van der Waals surface area contributed by atoms with Crippen LogP contribution >= 0.6 is 0 Å². The highest BCUT2D eigenvalue weighted by atomic mass is 32.2. The molecule has 0 atom stereocenters. The molecule has 0 radical (unpaired) electrons. The van der Waals surface area contributed by atoms with Crippen molar-refractivity contribution in [3.05, 3.63) is 58.1 Å². The van der Waals surface area contributed by atoms with Crippen LogP contribution in [-0.2, 0) is 23.5 Å². The average molecular weight is 397 g/mol. The molecule has 0 aliphatic rings. The summed E-state index contributed by atoms with van der Waals surface area (Å²) in [5, 5.41) is 5.35. The molecule has 0 aliphatic carbocycles. The molecule has 4 rings (SSSR count). The largest absolute Gasteiger partial charge is 0.358 e. The van der Waals surface area contributed by atoms with Crippen molar-refractivity contribution in [2.45, 2.75) is 25.2 Å². The summed E-state index contributed by atoms with van der Waals surface area (Å²) in [6.07, 6.45) is 2.01. The number of sulfonamides is 1. The number of aromatic nitrogens is 4. The first-order chi connectivity index (χ1) is 13.3. The first-order valence-corrected chi connectivity index (χ1v) is 10.2. The van der Waals surface area contributed by atoms with Crippen molar-refractivity contribution in [1.82, 2.24) is 19.7 Å². The number of rotatable bonds is 4. The van der Waals surface area contributed by atoms with Gasteiger partial charge in [-0.15, -0.1) is 0 Å². The fraction of sp³-hybridized carbons (Fsp3) is 0.211. The molecule has 144 valence electrons. The molecule has 0 aliphatic heterocycles. The van der Waals surface area contributed by atoms with Crippen LogP contribution in [0.3, 0.4) is 0 Å². The zero-order valence-corrected chi connectivity index (χ0v) is 16.5. The molecule has 0 bridgehead atoms. The molecule has 2 N–H and O–H groups in total. The highest BCUT2D eigenvalue weighted by Gasteiger charge is 2.18.